The van der Waals surface area contributed by atoms with Crippen molar-refractivity contribution in [2.75, 3.05) is 50.6 Å². The summed E-state index contributed by atoms with van der Waals surface area (Å²) in [4.78, 5) is 13.2. The minimum Gasteiger partial charge on any atom is -0.508 e. The van der Waals surface area contributed by atoms with Gasteiger partial charge in [-0.3, -0.25) is 0 Å². The molecule has 1 saturated heterocycles. The van der Waals surface area contributed by atoms with Crippen molar-refractivity contribution in [3.05, 3.63) is 53.3 Å². The Morgan fingerprint density at radius 3 is 2.65 bits per heavy atom. The van der Waals surface area contributed by atoms with Crippen molar-refractivity contribution in [2.24, 2.45) is 10.1 Å². The number of aromatic hydroxyl groups is 1. The van der Waals surface area contributed by atoms with Gasteiger partial charge in [-0.1, -0.05) is 35.9 Å². The minimum atomic E-state index is -2.72. The molecule has 5 rings (SSSR count). The number of rotatable bonds is 6. The van der Waals surface area contributed by atoms with Crippen LogP contribution in [0.5, 0.6) is 5.75 Å². The maximum Gasteiger partial charge on any atom is 0.228 e. The summed E-state index contributed by atoms with van der Waals surface area (Å²) in [6, 6.07) is 12.3. The topological polar surface area (TPSA) is 108 Å². The Kier molecular flexibility index (Phi) is 6.70. The summed E-state index contributed by atoms with van der Waals surface area (Å²) in [7, 11) is 1.27. The molecule has 0 aliphatic carbocycles. The second kappa shape index (κ2) is 9.68. The average Bonchev–Trinajstić information content (AvgIpc) is 2.78. The Bertz CT molecular complexity index is 1650. The number of anilines is 1. The maximum atomic E-state index is 16.4. The monoisotopic (exact) mass is 542 g/mol. The Balaban J connectivity index is 1.78. The molecule has 1 atom stereocenters. The van der Waals surface area contributed by atoms with Crippen molar-refractivity contribution < 1.29 is 13.7 Å². The van der Waals surface area contributed by atoms with Crippen molar-refractivity contribution in [1.82, 2.24) is 14.9 Å². The number of phenolic OH excluding ortho intramolecular Hbond substituents is 1. The maximum absolute atomic E-state index is 16.4. The van der Waals surface area contributed by atoms with Gasteiger partial charge in [0.05, 0.1) is 20.1 Å². The normalized spacial score (nSPS) is 15.8. The number of hydrogen-bond donors (Lipinski definition) is 2. The summed E-state index contributed by atoms with van der Waals surface area (Å²) in [5.41, 5.74) is 6.22. The Labute approximate surface area is 220 Å². The van der Waals surface area contributed by atoms with Gasteiger partial charge in [0.2, 0.25) is 5.95 Å². The highest BCUT2D eigenvalue weighted by Gasteiger charge is 2.31. The lowest BCUT2D eigenvalue weighted by Gasteiger charge is -2.42. The van der Waals surface area contributed by atoms with Gasteiger partial charge in [0.15, 0.2) is 11.6 Å². The number of benzene rings is 3. The molecule has 1 aliphatic heterocycles. The summed E-state index contributed by atoms with van der Waals surface area (Å²) in [6.45, 7) is 1.53. The summed E-state index contributed by atoms with van der Waals surface area (Å²) in [5.74, 6) is -0.0812. The van der Waals surface area contributed by atoms with Gasteiger partial charge in [-0.25, -0.2) is 13.6 Å². The van der Waals surface area contributed by atoms with Gasteiger partial charge in [0.1, 0.15) is 11.3 Å². The third-order valence-electron chi connectivity index (χ3n) is 6.62. The highest BCUT2D eigenvalue weighted by Crippen LogP contribution is 2.42. The first-order chi connectivity index (χ1) is 17.6. The highest BCUT2D eigenvalue weighted by molar-refractivity contribution is 7.93. The first-order valence-corrected chi connectivity index (χ1v) is 14.3. The van der Waals surface area contributed by atoms with E-state index in [1.807, 2.05) is 43.3 Å². The third kappa shape index (κ3) is 4.82. The van der Waals surface area contributed by atoms with E-state index in [2.05, 4.69) is 19.2 Å². The molecule has 1 aliphatic rings. The smallest absolute Gasteiger partial charge is 0.228 e. The molecular weight excluding hydrogens is 515 g/mol. The molecule has 4 aromatic rings. The van der Waals surface area contributed by atoms with Crippen molar-refractivity contribution in [2.45, 2.75) is 6.04 Å². The van der Waals surface area contributed by atoms with E-state index in [0.29, 0.717) is 30.6 Å². The predicted molar refractivity (Wildman–Crippen MR) is 149 cm³/mol. The van der Waals surface area contributed by atoms with E-state index in [1.165, 1.54) is 12.3 Å². The van der Waals surface area contributed by atoms with E-state index >= 15 is 4.39 Å². The molecule has 194 valence electrons. The Hall–Kier alpha value is -3.05. The van der Waals surface area contributed by atoms with Gasteiger partial charge in [0, 0.05) is 43.2 Å². The fraction of sp³-hybridized carbons (Fsp3) is 0.308. The van der Waals surface area contributed by atoms with Crippen LogP contribution in [-0.2, 0) is 9.73 Å². The number of nitrogens with two attached hydrogens (primary N) is 1. The van der Waals surface area contributed by atoms with E-state index in [1.54, 1.807) is 12.1 Å². The first kappa shape index (κ1) is 25.6. The molecular formula is C26H28ClFN6O2S. The van der Waals surface area contributed by atoms with Crippen LogP contribution in [0.2, 0.25) is 5.02 Å². The molecule has 0 radical (unpaired) electrons. The quantitative estimate of drug-likeness (QED) is 0.372. The van der Waals surface area contributed by atoms with Gasteiger partial charge < -0.3 is 20.6 Å². The second-order valence-corrected chi connectivity index (χ2v) is 12.5. The van der Waals surface area contributed by atoms with Crippen LogP contribution in [0, 0.1) is 5.82 Å². The molecule has 1 unspecified atom stereocenters. The van der Waals surface area contributed by atoms with Crippen LogP contribution in [0.1, 0.15) is 0 Å². The molecule has 1 aromatic heterocycles. The van der Waals surface area contributed by atoms with Crippen LogP contribution in [0.4, 0.5) is 16.2 Å². The van der Waals surface area contributed by atoms with Crippen LogP contribution in [-0.4, -0.2) is 76.0 Å². The minimum absolute atomic E-state index is 0.00820. The third-order valence-corrected chi connectivity index (χ3v) is 8.47. The molecule has 0 saturated carbocycles. The number of halogens is 2. The van der Waals surface area contributed by atoms with Crippen LogP contribution in [0.25, 0.3) is 32.8 Å². The van der Waals surface area contributed by atoms with E-state index in [9.17, 15) is 9.32 Å². The summed E-state index contributed by atoms with van der Waals surface area (Å²) >= 11 is 6.67. The fourth-order valence-electron chi connectivity index (χ4n) is 4.52. The summed E-state index contributed by atoms with van der Waals surface area (Å²) in [5, 5.41) is 12.2. The van der Waals surface area contributed by atoms with E-state index in [-0.39, 0.29) is 45.4 Å². The molecule has 0 amide bonds. The van der Waals surface area contributed by atoms with E-state index in [0.717, 1.165) is 10.8 Å². The zero-order chi connectivity index (χ0) is 26.5. The van der Waals surface area contributed by atoms with Crippen molar-refractivity contribution in [1.29, 1.82) is 0 Å². The van der Waals surface area contributed by atoms with Gasteiger partial charge in [-0.2, -0.15) is 9.35 Å². The number of likely N-dealkylation sites (N-methyl/N-ethyl adjacent to an activating group) is 1. The van der Waals surface area contributed by atoms with E-state index < -0.39 is 15.5 Å². The van der Waals surface area contributed by atoms with Gasteiger partial charge >= 0.3 is 0 Å². The molecule has 11 heteroatoms. The average molecular weight is 543 g/mol. The van der Waals surface area contributed by atoms with E-state index in [4.69, 9.17) is 17.3 Å². The van der Waals surface area contributed by atoms with Crippen molar-refractivity contribution in [3.8, 4) is 16.9 Å². The standard InChI is InChI=1S/C26H28ClFN6O2S/c1-33(2)16-13-34(14-16)26-30-24-20(25(31-26)32-37(3,36)9-8-29)12-21(27)22(23(24)28)19-11-17(35)10-15-6-4-5-7-18(15)19/h4-7,10-12,16,35H,8-9,13-14,29H2,1-3H3. The molecule has 3 aromatic carbocycles. The van der Waals surface area contributed by atoms with Crippen molar-refractivity contribution >= 4 is 54.8 Å². The zero-order valence-corrected chi connectivity index (χ0v) is 22.4. The molecule has 2 heterocycles. The van der Waals surface area contributed by atoms with Crippen LogP contribution >= 0.6 is 11.6 Å². The molecule has 37 heavy (non-hydrogen) atoms. The largest absolute Gasteiger partial charge is 0.508 e. The van der Waals surface area contributed by atoms with Gasteiger partial charge in [0.25, 0.3) is 0 Å². The van der Waals surface area contributed by atoms with Crippen molar-refractivity contribution in [3.63, 3.8) is 0 Å². The second-order valence-electron chi connectivity index (χ2n) is 9.57. The number of fused-ring (bicyclic) bond motifs is 2. The number of nitrogens with zero attached hydrogens (tertiary/aromatic N) is 5. The molecule has 0 bridgehead atoms. The zero-order valence-electron chi connectivity index (χ0n) is 20.8. The molecule has 8 nitrogen and oxygen atoms in total. The fourth-order valence-corrected chi connectivity index (χ4v) is 5.85. The SMILES string of the molecule is CN(C)C1CN(c2nc(N=S(C)(=O)CCN)c3cc(Cl)c(-c4cc(O)cc5ccccc45)c(F)c3n2)C1. The lowest BCUT2D eigenvalue weighted by molar-refractivity contribution is 0.245. The molecule has 3 N–H and O–H groups in total. The Morgan fingerprint density at radius 1 is 1.22 bits per heavy atom. The van der Waals surface area contributed by atoms with Crippen LogP contribution in [0.15, 0.2) is 46.8 Å². The number of hydrogen-bond acceptors (Lipinski definition) is 8. The van der Waals surface area contributed by atoms with Crippen LogP contribution in [0.3, 0.4) is 0 Å². The molecule has 1 fully saturated rings. The molecule has 0 spiro atoms. The van der Waals surface area contributed by atoms with Gasteiger partial charge in [-0.05, 0) is 48.6 Å². The van der Waals surface area contributed by atoms with Crippen LogP contribution < -0.4 is 10.6 Å². The predicted octanol–water partition coefficient (Wildman–Crippen LogP) is 4.39. The lowest BCUT2D eigenvalue weighted by atomic mass is 9.96. The number of phenols is 1. The summed E-state index contributed by atoms with van der Waals surface area (Å²) in [6.07, 6.45) is 1.50. The lowest BCUT2D eigenvalue weighted by Crippen LogP contribution is -2.58. The number of aromatic nitrogens is 2. The summed E-state index contributed by atoms with van der Waals surface area (Å²) < 4.78 is 33.9. The Morgan fingerprint density at radius 2 is 1.95 bits per heavy atom. The first-order valence-electron chi connectivity index (χ1n) is 11.8. The highest BCUT2D eigenvalue weighted by atomic mass is 35.5. The van der Waals surface area contributed by atoms with Gasteiger partial charge in [-0.15, -0.1) is 0 Å².